The second-order valence-corrected chi connectivity index (χ2v) is 13.4. The lowest BCUT2D eigenvalue weighted by Gasteiger charge is -2.44. The molecule has 1 aromatic heterocycles. The van der Waals surface area contributed by atoms with Crippen LogP contribution in [0, 0.1) is 23.2 Å². The van der Waals surface area contributed by atoms with Gasteiger partial charge in [0.2, 0.25) is 0 Å². The van der Waals surface area contributed by atoms with Gasteiger partial charge in [0.15, 0.2) is 0 Å². The van der Waals surface area contributed by atoms with Gasteiger partial charge in [-0.2, -0.15) is 0 Å². The van der Waals surface area contributed by atoms with Gasteiger partial charge in [0.1, 0.15) is 11.5 Å². The molecule has 4 saturated carbocycles. The molecule has 0 amide bonds. The molecule has 5 rings (SSSR count). The maximum atomic E-state index is 11.3. The topological polar surface area (TPSA) is 73.8 Å². The molecular formula is C35H50O4. The molecule has 1 aromatic rings. The highest BCUT2D eigenvalue weighted by atomic mass is 16.3. The van der Waals surface area contributed by atoms with Gasteiger partial charge in [-0.05, 0) is 104 Å². The number of aryl methyl sites for hydroxylation is 1. The predicted octanol–water partition coefficient (Wildman–Crippen LogP) is 7.35. The quantitative estimate of drug-likeness (QED) is 0.290. The summed E-state index contributed by atoms with van der Waals surface area (Å²) in [5.41, 5.74) is 3.29. The molecule has 1 heterocycles. The SMILES string of the molecule is C=C1/C(=C\C=C2/CCC[C@]3(C)[C@@H]([C@H](C)/C=C/[C@H](O)C4(c5ccc(CCCC)o5)CC4)CC[C@@H]23)C[C@@H](O)C[C@@H]1O. The molecule has 0 unspecified atom stereocenters. The zero-order chi connectivity index (χ0) is 27.8. The average molecular weight is 535 g/mol. The van der Waals surface area contributed by atoms with Gasteiger partial charge in [0.25, 0.3) is 0 Å². The van der Waals surface area contributed by atoms with Gasteiger partial charge in [-0.1, -0.05) is 63.6 Å². The van der Waals surface area contributed by atoms with Crippen LogP contribution in [0.2, 0.25) is 0 Å². The normalized spacial score (nSPS) is 36.0. The molecule has 39 heavy (non-hydrogen) atoms. The number of furan rings is 1. The van der Waals surface area contributed by atoms with E-state index < -0.39 is 18.3 Å². The fourth-order valence-corrected chi connectivity index (χ4v) is 8.16. The number of fused-ring (bicyclic) bond motifs is 1. The fraction of sp³-hybridized carbons (Fsp3) is 0.657. The second kappa shape index (κ2) is 11.5. The summed E-state index contributed by atoms with van der Waals surface area (Å²) in [4.78, 5) is 0. The first-order chi connectivity index (χ1) is 18.7. The van der Waals surface area contributed by atoms with Gasteiger partial charge < -0.3 is 19.7 Å². The molecule has 214 valence electrons. The maximum Gasteiger partial charge on any atom is 0.113 e. The molecule has 4 aliphatic rings. The van der Waals surface area contributed by atoms with E-state index in [2.05, 4.69) is 63.8 Å². The largest absolute Gasteiger partial charge is 0.465 e. The zero-order valence-corrected chi connectivity index (χ0v) is 24.4. The van der Waals surface area contributed by atoms with E-state index in [1.807, 2.05) is 0 Å². The van der Waals surface area contributed by atoms with Gasteiger partial charge >= 0.3 is 0 Å². The van der Waals surface area contributed by atoms with Crippen molar-refractivity contribution in [2.75, 3.05) is 0 Å². The zero-order valence-electron chi connectivity index (χ0n) is 24.4. The lowest BCUT2D eigenvalue weighted by atomic mass is 9.61. The minimum absolute atomic E-state index is 0.235. The minimum atomic E-state index is -0.639. The summed E-state index contributed by atoms with van der Waals surface area (Å²) >= 11 is 0. The summed E-state index contributed by atoms with van der Waals surface area (Å²) in [5.74, 6) is 3.58. The third-order valence-electron chi connectivity index (χ3n) is 10.8. The highest BCUT2D eigenvalue weighted by Gasteiger charge is 2.53. The highest BCUT2D eigenvalue weighted by Crippen LogP contribution is 2.60. The molecule has 4 fully saturated rings. The Morgan fingerprint density at radius 2 is 1.92 bits per heavy atom. The maximum absolute atomic E-state index is 11.3. The molecule has 0 aliphatic heterocycles. The summed E-state index contributed by atoms with van der Waals surface area (Å²) in [6.07, 6.45) is 19.3. The van der Waals surface area contributed by atoms with E-state index in [0.29, 0.717) is 30.6 Å². The van der Waals surface area contributed by atoms with E-state index in [4.69, 9.17) is 4.42 Å². The van der Waals surface area contributed by atoms with Crippen LogP contribution < -0.4 is 0 Å². The van der Waals surface area contributed by atoms with Crippen LogP contribution in [-0.2, 0) is 11.8 Å². The van der Waals surface area contributed by atoms with Crippen molar-refractivity contribution in [3.8, 4) is 0 Å². The molecule has 4 heteroatoms. The predicted molar refractivity (Wildman–Crippen MR) is 157 cm³/mol. The van der Waals surface area contributed by atoms with E-state index in [1.54, 1.807) is 0 Å². The fourth-order valence-electron chi connectivity index (χ4n) is 8.16. The van der Waals surface area contributed by atoms with Crippen molar-refractivity contribution in [3.63, 3.8) is 0 Å². The number of allylic oxidation sites excluding steroid dienone is 4. The van der Waals surface area contributed by atoms with Gasteiger partial charge in [0, 0.05) is 12.8 Å². The van der Waals surface area contributed by atoms with Crippen LogP contribution in [0.1, 0.15) is 103 Å². The van der Waals surface area contributed by atoms with E-state index in [1.165, 1.54) is 31.3 Å². The van der Waals surface area contributed by atoms with Crippen molar-refractivity contribution in [1.82, 2.24) is 0 Å². The third-order valence-corrected chi connectivity index (χ3v) is 10.8. The van der Waals surface area contributed by atoms with Gasteiger partial charge in [0.05, 0.1) is 23.7 Å². The van der Waals surface area contributed by atoms with Crippen LogP contribution in [-0.4, -0.2) is 33.6 Å². The Morgan fingerprint density at radius 3 is 2.67 bits per heavy atom. The first-order valence-corrected chi connectivity index (χ1v) is 15.6. The second-order valence-electron chi connectivity index (χ2n) is 13.4. The first kappa shape index (κ1) is 28.6. The summed E-state index contributed by atoms with van der Waals surface area (Å²) in [7, 11) is 0. The summed E-state index contributed by atoms with van der Waals surface area (Å²) in [6, 6.07) is 4.19. The Balaban J connectivity index is 1.26. The lowest BCUT2D eigenvalue weighted by molar-refractivity contribution is 0.0862. The van der Waals surface area contributed by atoms with Gasteiger partial charge in [-0.3, -0.25) is 0 Å². The van der Waals surface area contributed by atoms with Gasteiger partial charge in [-0.15, -0.1) is 0 Å². The molecule has 7 atom stereocenters. The van der Waals surface area contributed by atoms with Crippen molar-refractivity contribution in [2.45, 2.75) is 122 Å². The van der Waals surface area contributed by atoms with Crippen molar-refractivity contribution in [2.24, 2.45) is 23.2 Å². The van der Waals surface area contributed by atoms with Crippen molar-refractivity contribution >= 4 is 0 Å². The number of aliphatic hydroxyl groups is 3. The molecule has 4 nitrogen and oxygen atoms in total. The number of unbranched alkanes of at least 4 members (excludes halogenated alkanes) is 1. The van der Waals surface area contributed by atoms with Crippen LogP contribution in [0.3, 0.4) is 0 Å². The highest BCUT2D eigenvalue weighted by molar-refractivity contribution is 5.39. The summed E-state index contributed by atoms with van der Waals surface area (Å²) in [6.45, 7) is 11.1. The Kier molecular flexibility index (Phi) is 8.48. The smallest absolute Gasteiger partial charge is 0.113 e. The lowest BCUT2D eigenvalue weighted by Crippen LogP contribution is -2.35. The van der Waals surface area contributed by atoms with Crippen LogP contribution in [0.4, 0.5) is 0 Å². The van der Waals surface area contributed by atoms with Crippen LogP contribution in [0.5, 0.6) is 0 Å². The molecule has 0 saturated heterocycles. The Bertz CT molecular complexity index is 1120. The van der Waals surface area contributed by atoms with Crippen LogP contribution >= 0.6 is 0 Å². The molecule has 3 N–H and O–H groups in total. The average Bonchev–Trinajstić information content (AvgIpc) is 3.44. The number of hydrogen-bond donors (Lipinski definition) is 3. The molecule has 0 bridgehead atoms. The summed E-state index contributed by atoms with van der Waals surface area (Å²) < 4.78 is 6.19. The van der Waals surface area contributed by atoms with E-state index in [-0.39, 0.29) is 10.8 Å². The summed E-state index contributed by atoms with van der Waals surface area (Å²) in [5, 5.41) is 31.6. The van der Waals surface area contributed by atoms with Crippen molar-refractivity contribution in [3.05, 3.63) is 71.3 Å². The standard InChI is InChI=1S/C35H50O4/c1-5-6-9-28-13-17-33(39-28)35(19-20-35)32(38)16-10-23(2)29-14-15-30-25(8-7-18-34(29,30)4)11-12-26-21-27(36)22-31(37)24(26)3/h10-13,16-17,23,27,29-32,36-38H,3,5-9,14-15,18-22H2,1-2,4H3/b16-10+,25-11+,26-12-/t23-,27-,29-,30+,31+,32+,34-/m1/s1. The van der Waals surface area contributed by atoms with Crippen LogP contribution in [0.25, 0.3) is 0 Å². The molecular weight excluding hydrogens is 484 g/mol. The third kappa shape index (κ3) is 5.67. The van der Waals surface area contributed by atoms with Crippen LogP contribution in [0.15, 0.2) is 64.2 Å². The molecule has 0 aromatic carbocycles. The number of hydrogen-bond acceptors (Lipinski definition) is 4. The van der Waals surface area contributed by atoms with E-state index >= 15 is 0 Å². The number of rotatable bonds is 9. The monoisotopic (exact) mass is 534 g/mol. The minimum Gasteiger partial charge on any atom is -0.465 e. The Labute approximate surface area is 235 Å². The Morgan fingerprint density at radius 1 is 1.13 bits per heavy atom. The Hall–Kier alpha value is -1.88. The van der Waals surface area contributed by atoms with Crippen molar-refractivity contribution in [1.29, 1.82) is 0 Å². The molecule has 0 radical (unpaired) electrons. The van der Waals surface area contributed by atoms with E-state index in [0.717, 1.165) is 61.2 Å². The molecule has 0 spiro atoms. The first-order valence-electron chi connectivity index (χ1n) is 15.6. The van der Waals surface area contributed by atoms with Gasteiger partial charge in [-0.25, -0.2) is 0 Å². The number of aliphatic hydroxyl groups excluding tert-OH is 3. The molecule has 4 aliphatic carbocycles. The van der Waals surface area contributed by atoms with E-state index in [9.17, 15) is 15.3 Å². The van der Waals surface area contributed by atoms with Crippen molar-refractivity contribution < 1.29 is 19.7 Å².